The maximum Gasteiger partial charge on any atom is 0.401 e. The van der Waals surface area contributed by atoms with Gasteiger partial charge in [0.1, 0.15) is 0 Å². The first-order valence-electron chi connectivity index (χ1n) is 8.14. The highest BCUT2D eigenvalue weighted by atomic mass is 35.5. The zero-order valence-corrected chi connectivity index (χ0v) is 16.5. The van der Waals surface area contributed by atoms with Gasteiger partial charge < -0.3 is 10.6 Å². The van der Waals surface area contributed by atoms with Gasteiger partial charge in [0.15, 0.2) is 0 Å². The fourth-order valence-corrected chi connectivity index (χ4v) is 3.13. The molecule has 0 radical (unpaired) electrons. The van der Waals surface area contributed by atoms with Gasteiger partial charge >= 0.3 is 6.18 Å². The molecule has 0 bridgehead atoms. The van der Waals surface area contributed by atoms with Gasteiger partial charge in [-0.3, -0.25) is 9.69 Å². The van der Waals surface area contributed by atoms with Crippen molar-refractivity contribution in [1.29, 1.82) is 0 Å². The number of hydrogen-bond donors (Lipinski definition) is 1. The Labute approximate surface area is 164 Å². The minimum atomic E-state index is -4.19. The number of carbonyl (C=O) groups excluding carboxylic acids is 1. The number of likely N-dealkylation sites (tertiary alicyclic amines) is 1. The van der Waals surface area contributed by atoms with Crippen LogP contribution >= 0.6 is 24.8 Å². The molecule has 1 atom stereocenters. The molecule has 1 aromatic rings. The van der Waals surface area contributed by atoms with E-state index in [1.165, 1.54) is 4.90 Å². The first-order chi connectivity index (χ1) is 11.2. The Hall–Kier alpha value is -1.18. The second-order valence-electron chi connectivity index (χ2n) is 6.42. The van der Waals surface area contributed by atoms with E-state index in [1.54, 1.807) is 30.0 Å². The fourth-order valence-electron chi connectivity index (χ4n) is 3.13. The minimum absolute atomic E-state index is 0. The lowest BCUT2D eigenvalue weighted by Crippen LogP contribution is -2.38. The standard InChI is InChI=1S/C17H24F3N3O.2ClH/c1-3-22(11-17(18,19)20)9-13-6-7-23(10-13)16(24)15-8-14(21)5-4-12(15)2;;/h4-5,8,13H,3,6-7,9-11,21H2,1-2H3;2*1H. The minimum Gasteiger partial charge on any atom is -0.399 e. The van der Waals surface area contributed by atoms with E-state index in [-0.39, 0.29) is 36.6 Å². The molecule has 0 saturated carbocycles. The number of amides is 1. The predicted molar refractivity (Wildman–Crippen MR) is 102 cm³/mol. The van der Waals surface area contributed by atoms with E-state index in [1.807, 2.05) is 6.92 Å². The highest BCUT2D eigenvalue weighted by molar-refractivity contribution is 5.96. The highest BCUT2D eigenvalue weighted by Crippen LogP contribution is 2.24. The molecule has 2 rings (SSSR count). The number of alkyl halides is 3. The summed E-state index contributed by atoms with van der Waals surface area (Å²) in [6.07, 6.45) is -3.47. The Morgan fingerprint density at radius 3 is 2.58 bits per heavy atom. The van der Waals surface area contributed by atoms with E-state index in [0.29, 0.717) is 37.4 Å². The van der Waals surface area contributed by atoms with Crippen molar-refractivity contribution in [2.45, 2.75) is 26.4 Å². The van der Waals surface area contributed by atoms with Crippen molar-refractivity contribution in [3.63, 3.8) is 0 Å². The molecule has 0 aromatic heterocycles. The summed E-state index contributed by atoms with van der Waals surface area (Å²) in [7, 11) is 0. The Kier molecular flexibility index (Phi) is 9.77. The SMILES string of the molecule is CCN(CC1CCN(C(=O)c2cc(N)ccc2C)C1)CC(F)(F)F.Cl.Cl. The number of nitrogens with zero attached hydrogens (tertiary/aromatic N) is 2. The van der Waals surface area contributed by atoms with Crippen LogP contribution in [0.3, 0.4) is 0 Å². The Bertz CT molecular complexity index is 599. The van der Waals surface area contributed by atoms with Gasteiger partial charge in [0.05, 0.1) is 6.54 Å². The average molecular weight is 416 g/mol. The van der Waals surface area contributed by atoms with Crippen molar-refractivity contribution in [3.8, 4) is 0 Å². The van der Waals surface area contributed by atoms with Gasteiger partial charge in [-0.25, -0.2) is 0 Å². The number of halogens is 5. The number of hydrogen-bond acceptors (Lipinski definition) is 3. The molecule has 0 spiro atoms. The molecular formula is C17H26Cl2F3N3O. The third-order valence-corrected chi connectivity index (χ3v) is 4.43. The molecule has 4 nitrogen and oxygen atoms in total. The lowest BCUT2D eigenvalue weighted by molar-refractivity contribution is -0.146. The number of carbonyl (C=O) groups is 1. The van der Waals surface area contributed by atoms with Crippen molar-refractivity contribution >= 4 is 36.4 Å². The topological polar surface area (TPSA) is 49.6 Å². The van der Waals surface area contributed by atoms with Gasteiger partial charge in [-0.1, -0.05) is 13.0 Å². The number of rotatable bonds is 5. The molecule has 1 amide bonds. The van der Waals surface area contributed by atoms with E-state index in [9.17, 15) is 18.0 Å². The fraction of sp³-hybridized carbons (Fsp3) is 0.588. The summed E-state index contributed by atoms with van der Waals surface area (Å²) in [5, 5.41) is 0. The van der Waals surface area contributed by atoms with Crippen molar-refractivity contribution in [2.75, 3.05) is 38.5 Å². The summed E-state index contributed by atoms with van der Waals surface area (Å²) in [4.78, 5) is 15.7. The lowest BCUT2D eigenvalue weighted by atomic mass is 10.1. The van der Waals surface area contributed by atoms with Crippen LogP contribution in [-0.2, 0) is 0 Å². The van der Waals surface area contributed by atoms with E-state index < -0.39 is 12.7 Å². The second kappa shape index (κ2) is 10.2. The molecule has 1 saturated heterocycles. The van der Waals surface area contributed by atoms with Gasteiger partial charge in [0.2, 0.25) is 0 Å². The van der Waals surface area contributed by atoms with E-state index in [2.05, 4.69) is 0 Å². The summed E-state index contributed by atoms with van der Waals surface area (Å²) < 4.78 is 37.7. The van der Waals surface area contributed by atoms with Crippen LogP contribution in [0, 0.1) is 12.8 Å². The molecule has 1 heterocycles. The van der Waals surface area contributed by atoms with Crippen molar-refractivity contribution in [1.82, 2.24) is 9.80 Å². The first kappa shape index (κ1) is 24.8. The second-order valence-corrected chi connectivity index (χ2v) is 6.42. The zero-order valence-electron chi connectivity index (χ0n) is 14.9. The average Bonchev–Trinajstić information content (AvgIpc) is 2.95. The normalized spacial score (nSPS) is 17.0. The third kappa shape index (κ3) is 6.85. The molecule has 1 unspecified atom stereocenters. The first-order valence-corrected chi connectivity index (χ1v) is 8.14. The molecule has 1 fully saturated rings. The van der Waals surface area contributed by atoms with Crippen LogP contribution in [0.1, 0.15) is 29.3 Å². The number of benzene rings is 1. The van der Waals surface area contributed by atoms with Gasteiger partial charge in [-0.05, 0) is 43.5 Å². The van der Waals surface area contributed by atoms with Crippen LogP contribution in [0.25, 0.3) is 0 Å². The number of aryl methyl sites for hydroxylation is 1. The summed E-state index contributed by atoms with van der Waals surface area (Å²) in [5.74, 6) is -0.0289. The molecule has 2 N–H and O–H groups in total. The Morgan fingerprint density at radius 2 is 2.00 bits per heavy atom. The summed E-state index contributed by atoms with van der Waals surface area (Å²) >= 11 is 0. The summed E-state index contributed by atoms with van der Waals surface area (Å²) in [6.45, 7) is 4.43. The summed E-state index contributed by atoms with van der Waals surface area (Å²) in [5.41, 5.74) is 7.70. The molecule has 0 aliphatic carbocycles. The van der Waals surface area contributed by atoms with Gasteiger partial charge in [-0.15, -0.1) is 24.8 Å². The number of nitrogens with two attached hydrogens (primary N) is 1. The van der Waals surface area contributed by atoms with Crippen LogP contribution in [0.15, 0.2) is 18.2 Å². The van der Waals surface area contributed by atoms with Crippen molar-refractivity contribution < 1.29 is 18.0 Å². The predicted octanol–water partition coefficient (Wildman–Crippen LogP) is 3.77. The molecule has 1 aromatic carbocycles. The van der Waals surface area contributed by atoms with Crippen LogP contribution in [-0.4, -0.2) is 54.6 Å². The van der Waals surface area contributed by atoms with Crippen LogP contribution in [0.5, 0.6) is 0 Å². The largest absolute Gasteiger partial charge is 0.401 e. The third-order valence-electron chi connectivity index (χ3n) is 4.43. The quantitative estimate of drug-likeness (QED) is 0.744. The van der Waals surface area contributed by atoms with E-state index in [4.69, 9.17) is 5.73 Å². The van der Waals surface area contributed by atoms with Gasteiger partial charge in [0.25, 0.3) is 5.91 Å². The van der Waals surface area contributed by atoms with E-state index in [0.717, 1.165) is 12.0 Å². The highest BCUT2D eigenvalue weighted by Gasteiger charge is 2.33. The monoisotopic (exact) mass is 415 g/mol. The molecule has 1 aliphatic rings. The van der Waals surface area contributed by atoms with E-state index >= 15 is 0 Å². The molecule has 1 aliphatic heterocycles. The number of anilines is 1. The van der Waals surface area contributed by atoms with Gasteiger partial charge in [0, 0.05) is 30.9 Å². The van der Waals surface area contributed by atoms with Crippen molar-refractivity contribution in [2.24, 2.45) is 5.92 Å². The Balaban J connectivity index is 0.00000312. The molecular weight excluding hydrogens is 390 g/mol. The molecule has 26 heavy (non-hydrogen) atoms. The maximum atomic E-state index is 12.6. The van der Waals surface area contributed by atoms with Gasteiger partial charge in [-0.2, -0.15) is 13.2 Å². The van der Waals surface area contributed by atoms with Crippen LogP contribution < -0.4 is 5.73 Å². The van der Waals surface area contributed by atoms with Crippen LogP contribution in [0.4, 0.5) is 18.9 Å². The zero-order chi connectivity index (χ0) is 17.9. The maximum absolute atomic E-state index is 12.6. The molecule has 150 valence electrons. The van der Waals surface area contributed by atoms with Crippen molar-refractivity contribution in [3.05, 3.63) is 29.3 Å². The smallest absolute Gasteiger partial charge is 0.399 e. The number of nitrogen functional groups attached to an aromatic ring is 1. The summed E-state index contributed by atoms with van der Waals surface area (Å²) in [6, 6.07) is 5.21. The molecule has 9 heteroatoms. The van der Waals surface area contributed by atoms with Crippen LogP contribution in [0.2, 0.25) is 0 Å². The lowest BCUT2D eigenvalue weighted by Gasteiger charge is -2.25. The Morgan fingerprint density at radius 1 is 1.35 bits per heavy atom.